The lowest BCUT2D eigenvalue weighted by Crippen LogP contribution is -2.24. The molecule has 0 bridgehead atoms. The van der Waals surface area contributed by atoms with Crippen molar-refractivity contribution in [1.82, 2.24) is 0 Å². The van der Waals surface area contributed by atoms with Crippen LogP contribution in [0.25, 0.3) is 0 Å². The molecular formula is C19H40O3. The molecule has 0 rings (SSSR count). The van der Waals surface area contributed by atoms with Gasteiger partial charge >= 0.3 is 0 Å². The van der Waals surface area contributed by atoms with Crippen LogP contribution in [0.3, 0.4) is 0 Å². The summed E-state index contributed by atoms with van der Waals surface area (Å²) in [4.78, 5) is 0. The Hall–Kier alpha value is -0.120. The van der Waals surface area contributed by atoms with Gasteiger partial charge in [-0.1, -0.05) is 52.9 Å². The zero-order valence-electron chi connectivity index (χ0n) is 15.7. The molecule has 0 aliphatic rings. The number of unbranched alkanes of at least 4 members (excludes halogenated alkanes) is 3. The summed E-state index contributed by atoms with van der Waals surface area (Å²) in [6.07, 6.45) is 9.01. The van der Waals surface area contributed by atoms with Gasteiger partial charge in [-0.2, -0.15) is 0 Å². The van der Waals surface area contributed by atoms with Crippen LogP contribution in [0.5, 0.6) is 0 Å². The zero-order valence-corrected chi connectivity index (χ0v) is 15.7. The average molecular weight is 317 g/mol. The first kappa shape index (κ1) is 21.9. The van der Waals surface area contributed by atoms with E-state index in [2.05, 4.69) is 34.6 Å². The van der Waals surface area contributed by atoms with Gasteiger partial charge in [0.25, 0.3) is 0 Å². The van der Waals surface area contributed by atoms with E-state index in [9.17, 15) is 0 Å². The molecule has 3 heteroatoms. The third-order valence-electron chi connectivity index (χ3n) is 4.02. The molecule has 0 saturated heterocycles. The van der Waals surface area contributed by atoms with Gasteiger partial charge in [0.15, 0.2) is 0 Å². The highest BCUT2D eigenvalue weighted by Crippen LogP contribution is 2.13. The topological polar surface area (TPSA) is 27.7 Å². The van der Waals surface area contributed by atoms with Gasteiger partial charge in [-0.3, -0.25) is 0 Å². The quantitative estimate of drug-likeness (QED) is 0.365. The minimum absolute atomic E-state index is 0.144. The largest absolute Gasteiger partial charge is 0.378 e. The van der Waals surface area contributed by atoms with Crippen molar-refractivity contribution < 1.29 is 14.2 Å². The molecule has 22 heavy (non-hydrogen) atoms. The van der Waals surface area contributed by atoms with Crippen LogP contribution >= 0.6 is 0 Å². The average Bonchev–Trinajstić information content (AvgIpc) is 2.52. The number of hydrogen-bond donors (Lipinski definition) is 0. The Morgan fingerprint density at radius 3 is 2.05 bits per heavy atom. The Morgan fingerprint density at radius 1 is 0.727 bits per heavy atom. The van der Waals surface area contributed by atoms with Gasteiger partial charge in [0, 0.05) is 13.2 Å². The Morgan fingerprint density at radius 2 is 1.41 bits per heavy atom. The molecule has 0 radical (unpaired) electrons. The maximum atomic E-state index is 5.83. The van der Waals surface area contributed by atoms with E-state index in [-0.39, 0.29) is 12.2 Å². The van der Waals surface area contributed by atoms with Crippen molar-refractivity contribution in [1.29, 1.82) is 0 Å². The van der Waals surface area contributed by atoms with Crippen molar-refractivity contribution in [2.24, 2.45) is 5.92 Å². The second-order valence-electron chi connectivity index (χ2n) is 6.49. The molecular weight excluding hydrogens is 276 g/mol. The summed E-state index contributed by atoms with van der Waals surface area (Å²) in [5, 5.41) is 0. The van der Waals surface area contributed by atoms with E-state index >= 15 is 0 Å². The fraction of sp³-hybridized carbons (Fsp3) is 1.00. The van der Waals surface area contributed by atoms with Gasteiger partial charge in [-0.25, -0.2) is 0 Å². The SMILES string of the molecule is CCCCCOC(C)COC(C)COCC(CC)CCCC. The van der Waals surface area contributed by atoms with Crippen LogP contribution in [-0.4, -0.2) is 38.6 Å². The highest BCUT2D eigenvalue weighted by Gasteiger charge is 2.10. The second-order valence-corrected chi connectivity index (χ2v) is 6.49. The molecule has 0 saturated carbocycles. The zero-order chi connectivity index (χ0) is 16.6. The molecule has 0 aliphatic heterocycles. The maximum Gasteiger partial charge on any atom is 0.0781 e. The number of ether oxygens (including phenoxy) is 3. The van der Waals surface area contributed by atoms with Crippen LogP contribution in [0.15, 0.2) is 0 Å². The monoisotopic (exact) mass is 316 g/mol. The first-order chi connectivity index (χ1) is 10.6. The van der Waals surface area contributed by atoms with Gasteiger partial charge in [0.1, 0.15) is 0 Å². The molecule has 0 aromatic heterocycles. The lowest BCUT2D eigenvalue weighted by atomic mass is 10.0. The smallest absolute Gasteiger partial charge is 0.0781 e. The van der Waals surface area contributed by atoms with Crippen molar-refractivity contribution in [2.75, 3.05) is 26.4 Å². The van der Waals surface area contributed by atoms with Crippen LogP contribution < -0.4 is 0 Å². The Labute approximate surface area is 139 Å². The molecule has 0 fully saturated rings. The first-order valence-electron chi connectivity index (χ1n) is 9.44. The molecule has 0 heterocycles. The third-order valence-corrected chi connectivity index (χ3v) is 4.02. The van der Waals surface area contributed by atoms with Crippen molar-refractivity contribution in [3.63, 3.8) is 0 Å². The minimum atomic E-state index is 0.144. The standard InChI is InChI=1S/C19H40O3/c1-6-9-11-13-21-18(5)15-22-17(4)14-20-16-19(8-3)12-10-7-2/h17-19H,6-16H2,1-5H3. The lowest BCUT2D eigenvalue weighted by Gasteiger charge is -2.19. The molecule has 0 aromatic carbocycles. The van der Waals surface area contributed by atoms with E-state index in [1.54, 1.807) is 0 Å². The molecule has 3 nitrogen and oxygen atoms in total. The van der Waals surface area contributed by atoms with Gasteiger partial charge in [-0.05, 0) is 32.6 Å². The van der Waals surface area contributed by atoms with Gasteiger partial charge < -0.3 is 14.2 Å². The molecule has 0 amide bonds. The number of rotatable bonds is 16. The summed E-state index contributed by atoms with van der Waals surface area (Å²) in [6, 6.07) is 0. The summed E-state index contributed by atoms with van der Waals surface area (Å²) < 4.78 is 17.4. The summed E-state index contributed by atoms with van der Waals surface area (Å²) in [5.41, 5.74) is 0. The summed E-state index contributed by atoms with van der Waals surface area (Å²) in [5.74, 6) is 0.702. The minimum Gasteiger partial charge on any atom is -0.378 e. The van der Waals surface area contributed by atoms with Gasteiger partial charge in [0.2, 0.25) is 0 Å². The molecule has 134 valence electrons. The van der Waals surface area contributed by atoms with E-state index in [1.165, 1.54) is 38.5 Å². The molecule has 0 spiro atoms. The molecule has 0 N–H and O–H groups in total. The summed E-state index contributed by atoms with van der Waals surface area (Å²) in [7, 11) is 0. The van der Waals surface area contributed by atoms with Crippen LogP contribution in [0.4, 0.5) is 0 Å². The van der Waals surface area contributed by atoms with Crippen molar-refractivity contribution in [2.45, 2.75) is 91.8 Å². The third kappa shape index (κ3) is 13.5. The molecule has 0 aromatic rings. The van der Waals surface area contributed by atoms with E-state index in [4.69, 9.17) is 14.2 Å². The van der Waals surface area contributed by atoms with Crippen molar-refractivity contribution >= 4 is 0 Å². The van der Waals surface area contributed by atoms with Crippen molar-refractivity contribution in [3.05, 3.63) is 0 Å². The highest BCUT2D eigenvalue weighted by atomic mass is 16.6. The van der Waals surface area contributed by atoms with Gasteiger partial charge in [-0.15, -0.1) is 0 Å². The number of hydrogen-bond acceptors (Lipinski definition) is 3. The lowest BCUT2D eigenvalue weighted by molar-refractivity contribution is -0.0612. The van der Waals surface area contributed by atoms with E-state index in [0.717, 1.165) is 19.6 Å². The molecule has 3 unspecified atom stereocenters. The normalized spacial score (nSPS) is 15.7. The summed E-state index contributed by atoms with van der Waals surface area (Å²) in [6.45, 7) is 13.9. The first-order valence-corrected chi connectivity index (χ1v) is 9.44. The Kier molecular flexibility index (Phi) is 15.7. The predicted octanol–water partition coefficient (Wildman–Crippen LogP) is 5.22. The fourth-order valence-electron chi connectivity index (χ4n) is 2.33. The fourth-order valence-corrected chi connectivity index (χ4v) is 2.33. The van der Waals surface area contributed by atoms with Crippen LogP contribution in [0.1, 0.15) is 79.6 Å². The Balaban J connectivity index is 3.57. The Bertz CT molecular complexity index is 221. The predicted molar refractivity (Wildman–Crippen MR) is 94.5 cm³/mol. The van der Waals surface area contributed by atoms with E-state index < -0.39 is 0 Å². The second kappa shape index (κ2) is 15.8. The maximum absolute atomic E-state index is 5.83. The molecule has 3 atom stereocenters. The van der Waals surface area contributed by atoms with Crippen LogP contribution in [-0.2, 0) is 14.2 Å². The van der Waals surface area contributed by atoms with Gasteiger partial charge in [0.05, 0.1) is 25.4 Å². The van der Waals surface area contributed by atoms with Crippen LogP contribution in [0, 0.1) is 5.92 Å². The summed E-state index contributed by atoms with van der Waals surface area (Å²) >= 11 is 0. The van der Waals surface area contributed by atoms with Crippen molar-refractivity contribution in [3.8, 4) is 0 Å². The van der Waals surface area contributed by atoms with Crippen LogP contribution in [0.2, 0.25) is 0 Å². The van der Waals surface area contributed by atoms with E-state index in [0.29, 0.717) is 19.1 Å². The van der Waals surface area contributed by atoms with E-state index in [1.807, 2.05) is 0 Å². The molecule has 0 aliphatic carbocycles. The highest BCUT2D eigenvalue weighted by molar-refractivity contribution is 4.58.